The first-order valence-electron chi connectivity index (χ1n) is 9.04. The number of hydrogen-bond acceptors (Lipinski definition) is 3. The molecule has 2 aliphatic rings. The molecular weight excluding hydrogens is 320 g/mol. The van der Waals surface area contributed by atoms with Gasteiger partial charge in [0.1, 0.15) is 0 Å². The van der Waals surface area contributed by atoms with E-state index in [0.29, 0.717) is 18.5 Å². The minimum atomic E-state index is -0.241. The van der Waals surface area contributed by atoms with Gasteiger partial charge in [0.15, 0.2) is 5.11 Å². The van der Waals surface area contributed by atoms with Crippen LogP contribution < -0.4 is 10.6 Å². The van der Waals surface area contributed by atoms with Crippen LogP contribution in [0.5, 0.6) is 0 Å². The van der Waals surface area contributed by atoms with Crippen LogP contribution in [0.1, 0.15) is 47.0 Å². The quantitative estimate of drug-likeness (QED) is 0.586. The predicted molar refractivity (Wildman–Crippen MR) is 103 cm³/mol. The lowest BCUT2D eigenvalue weighted by atomic mass is 9.96. The Morgan fingerprint density at radius 2 is 2.04 bits per heavy atom. The SMILES string of the molecule is C=CCN1C(=O)[C@@H](CC(C)C)NC12CCN(C(=S)NC(C)C)CC2. The molecule has 1 amide bonds. The van der Waals surface area contributed by atoms with E-state index < -0.39 is 0 Å². The van der Waals surface area contributed by atoms with Gasteiger partial charge in [-0.05, 0) is 38.4 Å². The molecule has 0 saturated carbocycles. The number of rotatable bonds is 5. The summed E-state index contributed by atoms with van der Waals surface area (Å²) in [5, 5.41) is 7.79. The predicted octanol–water partition coefficient (Wildman–Crippen LogP) is 2.09. The maximum Gasteiger partial charge on any atom is 0.241 e. The first-order valence-corrected chi connectivity index (χ1v) is 9.45. The van der Waals surface area contributed by atoms with Gasteiger partial charge in [-0.3, -0.25) is 10.1 Å². The number of amides is 1. The van der Waals surface area contributed by atoms with Gasteiger partial charge >= 0.3 is 0 Å². The van der Waals surface area contributed by atoms with Crippen molar-refractivity contribution in [1.29, 1.82) is 0 Å². The summed E-state index contributed by atoms with van der Waals surface area (Å²) in [6.45, 7) is 14.7. The van der Waals surface area contributed by atoms with Gasteiger partial charge in [0.25, 0.3) is 0 Å². The Labute approximate surface area is 151 Å². The third-order valence-electron chi connectivity index (χ3n) is 4.83. The van der Waals surface area contributed by atoms with Gasteiger partial charge in [0, 0.05) is 38.5 Å². The molecule has 2 fully saturated rings. The van der Waals surface area contributed by atoms with E-state index in [-0.39, 0.29) is 17.6 Å². The molecule has 1 spiro atoms. The zero-order chi connectivity index (χ0) is 17.9. The van der Waals surface area contributed by atoms with Gasteiger partial charge in [-0.15, -0.1) is 6.58 Å². The Bertz CT molecular complexity index is 483. The molecule has 6 heteroatoms. The third kappa shape index (κ3) is 4.09. The highest BCUT2D eigenvalue weighted by Crippen LogP contribution is 2.33. The van der Waals surface area contributed by atoms with Gasteiger partial charge in [0.05, 0.1) is 11.7 Å². The number of piperidine rings is 1. The number of likely N-dealkylation sites (tertiary alicyclic amines) is 1. The third-order valence-corrected chi connectivity index (χ3v) is 5.21. The zero-order valence-electron chi connectivity index (χ0n) is 15.5. The Kier molecular flexibility index (Phi) is 6.26. The fourth-order valence-corrected chi connectivity index (χ4v) is 4.14. The van der Waals surface area contributed by atoms with Crippen molar-refractivity contribution in [3.8, 4) is 0 Å². The summed E-state index contributed by atoms with van der Waals surface area (Å²) in [5.74, 6) is 0.718. The first kappa shape index (κ1) is 19.2. The molecular formula is C18H32N4OS. The van der Waals surface area contributed by atoms with Crippen LogP contribution in [-0.2, 0) is 4.79 Å². The summed E-state index contributed by atoms with van der Waals surface area (Å²) in [5.41, 5.74) is -0.241. The number of carbonyl (C=O) groups excluding carboxylic acids is 1. The maximum absolute atomic E-state index is 12.8. The van der Waals surface area contributed by atoms with Gasteiger partial charge in [0.2, 0.25) is 5.91 Å². The molecule has 2 rings (SSSR count). The zero-order valence-corrected chi connectivity index (χ0v) is 16.3. The van der Waals surface area contributed by atoms with E-state index in [0.717, 1.165) is 37.5 Å². The molecule has 24 heavy (non-hydrogen) atoms. The largest absolute Gasteiger partial charge is 0.360 e. The second kappa shape index (κ2) is 7.83. The van der Waals surface area contributed by atoms with E-state index >= 15 is 0 Å². The number of nitrogens with zero attached hydrogens (tertiary/aromatic N) is 2. The van der Waals surface area contributed by atoms with E-state index in [9.17, 15) is 4.79 Å². The smallest absolute Gasteiger partial charge is 0.241 e. The monoisotopic (exact) mass is 352 g/mol. The summed E-state index contributed by atoms with van der Waals surface area (Å²) in [6, 6.07) is 0.268. The summed E-state index contributed by atoms with van der Waals surface area (Å²) in [4.78, 5) is 17.0. The molecule has 2 saturated heterocycles. The van der Waals surface area contributed by atoms with Crippen molar-refractivity contribution in [2.75, 3.05) is 19.6 Å². The lowest BCUT2D eigenvalue weighted by Gasteiger charge is -2.45. The Hall–Kier alpha value is -1.14. The van der Waals surface area contributed by atoms with Crippen molar-refractivity contribution < 1.29 is 4.79 Å². The average Bonchev–Trinajstić information content (AvgIpc) is 2.72. The Morgan fingerprint density at radius 1 is 1.42 bits per heavy atom. The van der Waals surface area contributed by atoms with Crippen LogP contribution in [-0.4, -0.2) is 58.2 Å². The van der Waals surface area contributed by atoms with Crippen LogP contribution in [0.15, 0.2) is 12.7 Å². The molecule has 0 radical (unpaired) electrons. The molecule has 136 valence electrons. The Balaban J connectivity index is 2.07. The molecule has 2 N–H and O–H groups in total. The number of nitrogens with one attached hydrogen (secondary N) is 2. The molecule has 2 heterocycles. The standard InChI is InChI=1S/C18H32N4OS/c1-6-9-22-16(23)15(12-13(2)3)20-18(22)7-10-21(11-8-18)17(24)19-14(4)5/h6,13-15,20H,1,7-12H2,2-5H3,(H,19,24)/t15-/m1/s1. The molecule has 0 aliphatic carbocycles. The van der Waals surface area contributed by atoms with Crippen molar-refractivity contribution in [1.82, 2.24) is 20.4 Å². The van der Waals surface area contributed by atoms with Gasteiger partial charge < -0.3 is 15.1 Å². The number of carbonyl (C=O) groups is 1. The molecule has 2 aliphatic heterocycles. The normalized spacial score (nSPS) is 23.4. The van der Waals surface area contributed by atoms with Crippen LogP contribution in [0.4, 0.5) is 0 Å². The molecule has 1 atom stereocenters. The van der Waals surface area contributed by atoms with Gasteiger partial charge in [-0.25, -0.2) is 0 Å². The molecule has 0 unspecified atom stereocenters. The minimum Gasteiger partial charge on any atom is -0.360 e. The summed E-state index contributed by atoms with van der Waals surface area (Å²) in [6.07, 6.45) is 4.49. The highest BCUT2D eigenvalue weighted by molar-refractivity contribution is 7.80. The highest BCUT2D eigenvalue weighted by atomic mass is 32.1. The average molecular weight is 353 g/mol. The van der Waals surface area contributed by atoms with Crippen molar-refractivity contribution in [2.45, 2.75) is 64.7 Å². The Morgan fingerprint density at radius 3 is 2.54 bits per heavy atom. The van der Waals surface area contributed by atoms with E-state index in [4.69, 9.17) is 12.2 Å². The van der Waals surface area contributed by atoms with E-state index in [1.54, 1.807) is 0 Å². The number of thiocarbonyl (C=S) groups is 1. The van der Waals surface area contributed by atoms with Gasteiger partial charge in [-0.2, -0.15) is 0 Å². The van der Waals surface area contributed by atoms with Crippen LogP contribution in [0.2, 0.25) is 0 Å². The molecule has 0 aromatic rings. The fourth-order valence-electron chi connectivity index (χ4n) is 3.72. The molecule has 0 aromatic carbocycles. The summed E-state index contributed by atoms with van der Waals surface area (Å²) < 4.78 is 0. The lowest BCUT2D eigenvalue weighted by molar-refractivity contribution is -0.132. The van der Waals surface area contributed by atoms with Crippen molar-refractivity contribution >= 4 is 23.2 Å². The van der Waals surface area contributed by atoms with Crippen LogP contribution >= 0.6 is 12.2 Å². The van der Waals surface area contributed by atoms with E-state index in [1.807, 2.05) is 11.0 Å². The second-order valence-electron chi connectivity index (χ2n) is 7.69. The van der Waals surface area contributed by atoms with Crippen molar-refractivity contribution in [3.05, 3.63) is 12.7 Å². The van der Waals surface area contributed by atoms with Crippen molar-refractivity contribution in [3.63, 3.8) is 0 Å². The summed E-state index contributed by atoms with van der Waals surface area (Å²) in [7, 11) is 0. The van der Waals surface area contributed by atoms with E-state index in [2.05, 4.69) is 49.8 Å². The van der Waals surface area contributed by atoms with Crippen LogP contribution in [0.3, 0.4) is 0 Å². The summed E-state index contributed by atoms with van der Waals surface area (Å²) >= 11 is 5.50. The molecule has 5 nitrogen and oxygen atoms in total. The lowest BCUT2D eigenvalue weighted by Crippen LogP contribution is -2.60. The molecule has 0 aromatic heterocycles. The first-order chi connectivity index (χ1) is 11.3. The maximum atomic E-state index is 12.8. The van der Waals surface area contributed by atoms with Crippen molar-refractivity contribution in [2.24, 2.45) is 5.92 Å². The number of hydrogen-bond donors (Lipinski definition) is 2. The fraction of sp³-hybridized carbons (Fsp3) is 0.778. The highest BCUT2D eigenvalue weighted by Gasteiger charge is 2.51. The van der Waals surface area contributed by atoms with E-state index in [1.165, 1.54) is 0 Å². The van der Waals surface area contributed by atoms with Gasteiger partial charge in [-0.1, -0.05) is 19.9 Å². The molecule has 0 bridgehead atoms. The van der Waals surface area contributed by atoms with Crippen LogP contribution in [0.25, 0.3) is 0 Å². The topological polar surface area (TPSA) is 47.6 Å². The second-order valence-corrected chi connectivity index (χ2v) is 8.07. The van der Waals surface area contributed by atoms with Crippen LogP contribution in [0, 0.1) is 5.92 Å². The minimum absolute atomic E-state index is 0.0720.